The molecule has 0 saturated carbocycles. The summed E-state index contributed by atoms with van der Waals surface area (Å²) in [6, 6.07) is 7.22. The van der Waals surface area contributed by atoms with Gasteiger partial charge < -0.3 is 5.32 Å². The van der Waals surface area contributed by atoms with Crippen LogP contribution in [-0.2, 0) is 10.0 Å². The Balaban J connectivity index is 2.28. The second kappa shape index (κ2) is 6.70. The van der Waals surface area contributed by atoms with Crippen molar-refractivity contribution in [1.82, 2.24) is 9.62 Å². The van der Waals surface area contributed by atoms with Gasteiger partial charge in [0, 0.05) is 19.1 Å². The number of sulfonamides is 1. The zero-order chi connectivity index (χ0) is 14.6. The molecular weight excluding hydrogens is 272 g/mol. The van der Waals surface area contributed by atoms with Crippen molar-refractivity contribution in [3.05, 3.63) is 29.8 Å². The van der Waals surface area contributed by atoms with E-state index >= 15 is 0 Å². The summed E-state index contributed by atoms with van der Waals surface area (Å²) in [6.07, 6.45) is 2.81. The maximum absolute atomic E-state index is 12.8. The minimum atomic E-state index is -3.39. The summed E-state index contributed by atoms with van der Waals surface area (Å²) in [5, 5.41) is 3.30. The van der Waals surface area contributed by atoms with Crippen molar-refractivity contribution in [2.75, 3.05) is 19.6 Å². The number of benzene rings is 1. The lowest BCUT2D eigenvalue weighted by atomic mass is 10.1. The highest BCUT2D eigenvalue weighted by Crippen LogP contribution is 2.22. The molecule has 5 heteroatoms. The van der Waals surface area contributed by atoms with E-state index in [9.17, 15) is 8.42 Å². The summed E-state index contributed by atoms with van der Waals surface area (Å²) in [5.74, 6) is 0. The standard InChI is InChI=1S/C15H24N2O2S/c1-3-11-17(14-5-4-10-16-12-14)20(18,19)15-8-6-13(2)7-9-15/h6-9,14,16H,3-5,10-12H2,1-2H3. The van der Waals surface area contributed by atoms with Gasteiger partial charge in [-0.15, -0.1) is 0 Å². The number of hydrogen-bond acceptors (Lipinski definition) is 3. The van der Waals surface area contributed by atoms with Crippen LogP contribution in [0.25, 0.3) is 0 Å². The van der Waals surface area contributed by atoms with Gasteiger partial charge in [-0.2, -0.15) is 4.31 Å². The number of hydrogen-bond donors (Lipinski definition) is 1. The van der Waals surface area contributed by atoms with Crippen LogP contribution in [0, 0.1) is 6.92 Å². The van der Waals surface area contributed by atoms with Crippen LogP contribution in [0.5, 0.6) is 0 Å². The molecule has 0 radical (unpaired) electrons. The molecule has 0 aromatic heterocycles. The van der Waals surface area contributed by atoms with E-state index in [2.05, 4.69) is 5.32 Å². The van der Waals surface area contributed by atoms with Crippen molar-refractivity contribution in [1.29, 1.82) is 0 Å². The van der Waals surface area contributed by atoms with Crippen LogP contribution >= 0.6 is 0 Å². The largest absolute Gasteiger partial charge is 0.315 e. The Morgan fingerprint density at radius 1 is 1.30 bits per heavy atom. The molecule has 0 bridgehead atoms. The summed E-state index contributed by atoms with van der Waals surface area (Å²) in [6.45, 7) is 6.31. The van der Waals surface area contributed by atoms with Gasteiger partial charge in [-0.1, -0.05) is 24.6 Å². The molecule has 1 aliphatic rings. The molecule has 1 saturated heterocycles. The first kappa shape index (κ1) is 15.5. The van der Waals surface area contributed by atoms with Crippen LogP contribution < -0.4 is 5.32 Å². The molecule has 1 heterocycles. The topological polar surface area (TPSA) is 49.4 Å². The van der Waals surface area contributed by atoms with Gasteiger partial charge in [0.1, 0.15) is 0 Å². The fraction of sp³-hybridized carbons (Fsp3) is 0.600. The predicted octanol–water partition coefficient (Wildman–Crippen LogP) is 2.15. The lowest BCUT2D eigenvalue weighted by Crippen LogP contribution is -2.48. The smallest absolute Gasteiger partial charge is 0.243 e. The van der Waals surface area contributed by atoms with E-state index in [1.54, 1.807) is 16.4 Å². The van der Waals surface area contributed by atoms with Gasteiger partial charge >= 0.3 is 0 Å². The lowest BCUT2D eigenvalue weighted by Gasteiger charge is -2.33. The molecule has 0 aliphatic carbocycles. The Labute approximate surface area is 122 Å². The van der Waals surface area contributed by atoms with Crippen LogP contribution in [0.2, 0.25) is 0 Å². The van der Waals surface area contributed by atoms with E-state index in [1.807, 2.05) is 26.0 Å². The highest BCUT2D eigenvalue weighted by molar-refractivity contribution is 7.89. The maximum atomic E-state index is 12.8. The summed E-state index contributed by atoms with van der Waals surface area (Å²) >= 11 is 0. The fourth-order valence-electron chi connectivity index (χ4n) is 2.64. The minimum absolute atomic E-state index is 0.0787. The highest BCUT2D eigenvalue weighted by Gasteiger charge is 2.31. The Hall–Kier alpha value is -0.910. The van der Waals surface area contributed by atoms with Crippen molar-refractivity contribution in [2.24, 2.45) is 0 Å². The molecule has 2 rings (SSSR count). The maximum Gasteiger partial charge on any atom is 0.243 e. The van der Waals surface area contributed by atoms with Gasteiger partial charge in [-0.3, -0.25) is 0 Å². The Morgan fingerprint density at radius 3 is 2.55 bits per heavy atom. The number of rotatable bonds is 5. The SMILES string of the molecule is CCCN(C1CCCNC1)S(=O)(=O)c1ccc(C)cc1. The molecule has 1 fully saturated rings. The Morgan fingerprint density at radius 2 is 2.00 bits per heavy atom. The second-order valence-electron chi connectivity index (χ2n) is 5.43. The first-order chi connectivity index (χ1) is 9.55. The monoisotopic (exact) mass is 296 g/mol. The Kier molecular flexibility index (Phi) is 5.18. The molecule has 1 aromatic carbocycles. The fourth-order valence-corrected chi connectivity index (χ4v) is 4.39. The first-order valence-corrected chi connectivity index (χ1v) is 8.79. The van der Waals surface area contributed by atoms with E-state index in [1.165, 1.54) is 0 Å². The number of nitrogens with zero attached hydrogens (tertiary/aromatic N) is 1. The summed E-state index contributed by atoms with van der Waals surface area (Å²) in [4.78, 5) is 0.405. The number of nitrogens with one attached hydrogen (secondary N) is 1. The van der Waals surface area contributed by atoms with Crippen molar-refractivity contribution in [3.8, 4) is 0 Å². The summed E-state index contributed by atoms with van der Waals surface area (Å²) < 4.78 is 27.3. The van der Waals surface area contributed by atoms with Crippen LogP contribution in [0.4, 0.5) is 0 Å². The predicted molar refractivity (Wildman–Crippen MR) is 81.3 cm³/mol. The molecule has 20 heavy (non-hydrogen) atoms. The molecule has 1 aromatic rings. The van der Waals surface area contributed by atoms with Crippen molar-refractivity contribution < 1.29 is 8.42 Å². The summed E-state index contributed by atoms with van der Waals surface area (Å²) in [5.41, 5.74) is 1.07. The van der Waals surface area contributed by atoms with E-state index in [4.69, 9.17) is 0 Å². The Bertz CT molecular complexity index is 519. The highest BCUT2D eigenvalue weighted by atomic mass is 32.2. The van der Waals surface area contributed by atoms with Gasteiger partial charge in [0.2, 0.25) is 10.0 Å². The van der Waals surface area contributed by atoms with E-state index < -0.39 is 10.0 Å². The van der Waals surface area contributed by atoms with Gasteiger partial charge in [-0.25, -0.2) is 8.42 Å². The van der Waals surface area contributed by atoms with Crippen LogP contribution in [0.1, 0.15) is 31.7 Å². The van der Waals surface area contributed by atoms with Gasteiger partial charge in [0.25, 0.3) is 0 Å². The lowest BCUT2D eigenvalue weighted by molar-refractivity contribution is 0.266. The molecular formula is C15H24N2O2S. The third-order valence-corrected chi connectivity index (χ3v) is 5.72. The van der Waals surface area contributed by atoms with Gasteiger partial charge in [0.15, 0.2) is 0 Å². The van der Waals surface area contributed by atoms with E-state index in [0.717, 1.165) is 37.9 Å². The molecule has 0 amide bonds. The first-order valence-electron chi connectivity index (χ1n) is 7.35. The van der Waals surface area contributed by atoms with Gasteiger partial charge in [0.05, 0.1) is 4.90 Å². The van der Waals surface area contributed by atoms with E-state index in [0.29, 0.717) is 11.4 Å². The molecule has 0 spiro atoms. The molecule has 4 nitrogen and oxygen atoms in total. The normalized spacial score (nSPS) is 20.2. The van der Waals surface area contributed by atoms with Crippen LogP contribution in [-0.4, -0.2) is 38.4 Å². The number of piperidine rings is 1. The average Bonchev–Trinajstić information content (AvgIpc) is 2.46. The molecule has 1 atom stereocenters. The molecule has 112 valence electrons. The zero-order valence-electron chi connectivity index (χ0n) is 12.3. The van der Waals surface area contributed by atoms with Crippen LogP contribution in [0.3, 0.4) is 0 Å². The molecule has 1 unspecified atom stereocenters. The minimum Gasteiger partial charge on any atom is -0.315 e. The zero-order valence-corrected chi connectivity index (χ0v) is 13.1. The second-order valence-corrected chi connectivity index (χ2v) is 7.32. The van der Waals surface area contributed by atoms with Gasteiger partial charge in [-0.05, 0) is 44.9 Å². The van der Waals surface area contributed by atoms with Crippen molar-refractivity contribution in [2.45, 2.75) is 44.0 Å². The third kappa shape index (κ3) is 3.40. The van der Waals surface area contributed by atoms with E-state index in [-0.39, 0.29) is 6.04 Å². The quantitative estimate of drug-likeness (QED) is 0.906. The number of aryl methyl sites for hydroxylation is 1. The van der Waals surface area contributed by atoms with Crippen LogP contribution in [0.15, 0.2) is 29.2 Å². The molecule has 1 aliphatic heterocycles. The third-order valence-electron chi connectivity index (χ3n) is 3.75. The average molecular weight is 296 g/mol. The van der Waals surface area contributed by atoms with Crippen molar-refractivity contribution in [3.63, 3.8) is 0 Å². The summed E-state index contributed by atoms with van der Waals surface area (Å²) in [7, 11) is -3.39. The molecule has 1 N–H and O–H groups in total. The van der Waals surface area contributed by atoms with Crippen molar-refractivity contribution >= 4 is 10.0 Å².